The largest absolute Gasteiger partial charge is 0.573 e. The van der Waals surface area contributed by atoms with Gasteiger partial charge < -0.3 is 14.9 Å². The second kappa shape index (κ2) is 6.05. The fraction of sp³-hybridized carbons (Fsp3) is 0.200. The van der Waals surface area contributed by atoms with Gasteiger partial charge in [-0.25, -0.2) is 0 Å². The molecule has 0 aromatic heterocycles. The minimum absolute atomic E-state index is 0.0150. The molecule has 2 rings (SSSR count). The zero-order chi connectivity index (χ0) is 15.5. The predicted octanol–water partition coefficient (Wildman–Crippen LogP) is 3.49. The van der Waals surface area contributed by atoms with Crippen molar-refractivity contribution in [2.75, 3.05) is 6.61 Å². The van der Waals surface area contributed by atoms with E-state index in [-0.39, 0.29) is 18.1 Å². The Labute approximate surface area is 119 Å². The molecule has 3 nitrogen and oxygen atoms in total. The Morgan fingerprint density at radius 1 is 1.00 bits per heavy atom. The molecule has 0 amide bonds. The van der Waals surface area contributed by atoms with Gasteiger partial charge in [-0.05, 0) is 41.8 Å². The third kappa shape index (κ3) is 4.13. The van der Waals surface area contributed by atoms with Crippen LogP contribution in [0.3, 0.4) is 0 Å². The summed E-state index contributed by atoms with van der Waals surface area (Å²) >= 11 is 0. The van der Waals surface area contributed by atoms with Crippen molar-refractivity contribution in [3.8, 4) is 22.6 Å². The highest BCUT2D eigenvalue weighted by atomic mass is 19.4. The molecule has 2 aromatic rings. The third-order valence-corrected chi connectivity index (χ3v) is 2.86. The third-order valence-electron chi connectivity index (χ3n) is 2.86. The number of phenols is 1. The first-order chi connectivity index (χ1) is 9.89. The van der Waals surface area contributed by atoms with Gasteiger partial charge in [-0.2, -0.15) is 0 Å². The summed E-state index contributed by atoms with van der Waals surface area (Å²) < 4.78 is 40.0. The molecule has 0 atom stereocenters. The number of benzene rings is 2. The Hall–Kier alpha value is -2.21. The Balaban J connectivity index is 2.28. The Morgan fingerprint density at radius 2 is 1.67 bits per heavy atom. The lowest BCUT2D eigenvalue weighted by Crippen LogP contribution is -2.16. The predicted molar refractivity (Wildman–Crippen MR) is 71.0 cm³/mol. The van der Waals surface area contributed by atoms with E-state index in [1.54, 1.807) is 12.1 Å². The van der Waals surface area contributed by atoms with Gasteiger partial charge in [0.25, 0.3) is 0 Å². The number of phenolic OH excluding ortho intramolecular Hbond substituents is 1. The summed E-state index contributed by atoms with van der Waals surface area (Å²) in [5.74, 6) is -0.307. The lowest BCUT2D eigenvalue weighted by molar-refractivity contribution is -0.274. The van der Waals surface area contributed by atoms with E-state index >= 15 is 0 Å². The molecule has 6 heteroatoms. The normalized spacial score (nSPS) is 11.4. The first kappa shape index (κ1) is 15.2. The smallest absolute Gasteiger partial charge is 0.507 e. The number of halogens is 3. The lowest BCUT2D eigenvalue weighted by atomic mass is 10.0. The highest BCUT2D eigenvalue weighted by Crippen LogP contribution is 2.32. The molecule has 0 aliphatic rings. The maximum Gasteiger partial charge on any atom is 0.573 e. The highest BCUT2D eigenvalue weighted by molar-refractivity contribution is 5.71. The lowest BCUT2D eigenvalue weighted by Gasteiger charge is -2.11. The van der Waals surface area contributed by atoms with E-state index in [1.165, 1.54) is 30.3 Å². The monoisotopic (exact) mass is 298 g/mol. The molecule has 0 aliphatic heterocycles. The van der Waals surface area contributed by atoms with E-state index in [4.69, 9.17) is 5.11 Å². The van der Waals surface area contributed by atoms with Gasteiger partial charge in [-0.3, -0.25) is 0 Å². The molecule has 0 saturated carbocycles. The number of aliphatic hydroxyl groups is 1. The Kier molecular flexibility index (Phi) is 4.37. The molecular formula is C15H13F3O3. The van der Waals surface area contributed by atoms with Crippen LogP contribution in [0.15, 0.2) is 42.5 Å². The average Bonchev–Trinajstić information content (AvgIpc) is 2.40. The summed E-state index contributed by atoms with van der Waals surface area (Å²) in [4.78, 5) is 0. The van der Waals surface area contributed by atoms with Crippen LogP contribution >= 0.6 is 0 Å². The van der Waals surface area contributed by atoms with Crippen LogP contribution in [0.25, 0.3) is 11.1 Å². The zero-order valence-corrected chi connectivity index (χ0v) is 10.9. The van der Waals surface area contributed by atoms with Crippen molar-refractivity contribution in [2.45, 2.75) is 12.8 Å². The average molecular weight is 298 g/mol. The molecule has 0 fully saturated rings. The molecule has 2 aromatic carbocycles. The van der Waals surface area contributed by atoms with Crippen LogP contribution in [-0.4, -0.2) is 23.2 Å². The van der Waals surface area contributed by atoms with Gasteiger partial charge >= 0.3 is 6.36 Å². The Bertz CT molecular complexity index is 607. The zero-order valence-electron chi connectivity index (χ0n) is 10.9. The van der Waals surface area contributed by atoms with Gasteiger partial charge in [0.05, 0.1) is 0 Å². The van der Waals surface area contributed by atoms with Gasteiger partial charge in [0.1, 0.15) is 11.5 Å². The summed E-state index contributed by atoms with van der Waals surface area (Å²) in [5, 5.41) is 18.7. The van der Waals surface area contributed by atoms with E-state index < -0.39 is 6.36 Å². The molecule has 0 aliphatic carbocycles. The number of ether oxygens (including phenoxy) is 1. The quantitative estimate of drug-likeness (QED) is 0.908. The van der Waals surface area contributed by atoms with E-state index in [0.29, 0.717) is 17.5 Å². The summed E-state index contributed by atoms with van der Waals surface area (Å²) in [6.07, 6.45) is -4.30. The minimum Gasteiger partial charge on any atom is -0.507 e. The van der Waals surface area contributed by atoms with E-state index in [0.717, 1.165) is 5.56 Å². The van der Waals surface area contributed by atoms with Gasteiger partial charge in [0.2, 0.25) is 0 Å². The number of alkyl halides is 3. The van der Waals surface area contributed by atoms with Crippen molar-refractivity contribution in [3.05, 3.63) is 48.0 Å². The van der Waals surface area contributed by atoms with E-state index in [2.05, 4.69) is 4.74 Å². The van der Waals surface area contributed by atoms with Crippen LogP contribution in [0.1, 0.15) is 5.56 Å². The number of hydrogen-bond acceptors (Lipinski definition) is 3. The number of aromatic hydroxyl groups is 1. The maximum absolute atomic E-state index is 12.1. The van der Waals surface area contributed by atoms with Crippen molar-refractivity contribution < 1.29 is 28.1 Å². The molecule has 0 bridgehead atoms. The first-order valence-electron chi connectivity index (χ1n) is 6.18. The highest BCUT2D eigenvalue weighted by Gasteiger charge is 2.30. The first-order valence-corrected chi connectivity index (χ1v) is 6.18. The molecule has 0 heterocycles. The second-order valence-electron chi connectivity index (χ2n) is 4.40. The molecule has 0 radical (unpaired) electrons. The fourth-order valence-corrected chi connectivity index (χ4v) is 1.94. The van der Waals surface area contributed by atoms with Crippen molar-refractivity contribution in [2.24, 2.45) is 0 Å². The topological polar surface area (TPSA) is 49.7 Å². The van der Waals surface area contributed by atoms with Crippen molar-refractivity contribution in [1.82, 2.24) is 0 Å². The van der Waals surface area contributed by atoms with Gasteiger partial charge in [0.15, 0.2) is 0 Å². The second-order valence-corrected chi connectivity index (χ2v) is 4.40. The van der Waals surface area contributed by atoms with Gasteiger partial charge in [-0.15, -0.1) is 13.2 Å². The summed E-state index contributed by atoms with van der Waals surface area (Å²) in [6.45, 7) is -0.0252. The van der Waals surface area contributed by atoms with Gasteiger partial charge in [0, 0.05) is 12.2 Å². The van der Waals surface area contributed by atoms with Crippen LogP contribution in [-0.2, 0) is 6.42 Å². The van der Waals surface area contributed by atoms with Crippen LogP contribution in [0, 0.1) is 0 Å². The molecular weight excluding hydrogens is 285 g/mol. The van der Waals surface area contributed by atoms with E-state index in [1.807, 2.05) is 0 Å². The van der Waals surface area contributed by atoms with Crippen LogP contribution < -0.4 is 4.74 Å². The molecule has 112 valence electrons. The number of rotatable bonds is 4. The summed E-state index contributed by atoms with van der Waals surface area (Å²) in [5.41, 5.74) is 1.86. The van der Waals surface area contributed by atoms with Crippen LogP contribution in [0.5, 0.6) is 11.5 Å². The maximum atomic E-state index is 12.1. The molecule has 2 N–H and O–H groups in total. The van der Waals surface area contributed by atoms with Gasteiger partial charge in [-0.1, -0.05) is 18.2 Å². The molecule has 0 spiro atoms. The molecule has 0 saturated heterocycles. The van der Waals surface area contributed by atoms with Crippen LogP contribution in [0.2, 0.25) is 0 Å². The number of hydrogen-bond donors (Lipinski definition) is 2. The minimum atomic E-state index is -4.73. The van der Waals surface area contributed by atoms with Crippen molar-refractivity contribution in [3.63, 3.8) is 0 Å². The molecule has 0 unspecified atom stereocenters. The Morgan fingerprint density at radius 3 is 2.24 bits per heavy atom. The summed E-state index contributed by atoms with van der Waals surface area (Å²) in [6, 6.07) is 10.1. The standard InChI is InChI=1S/C15H13F3O3/c16-15(17,18)21-12-4-2-11(3-5-12)13-9-10(7-8-19)1-6-14(13)20/h1-6,9,19-20H,7-8H2. The fourth-order valence-electron chi connectivity index (χ4n) is 1.94. The van der Waals surface area contributed by atoms with Crippen LogP contribution in [0.4, 0.5) is 13.2 Å². The number of aliphatic hydroxyl groups excluding tert-OH is 1. The molecule has 21 heavy (non-hydrogen) atoms. The summed E-state index contributed by atoms with van der Waals surface area (Å²) in [7, 11) is 0. The van der Waals surface area contributed by atoms with Crippen molar-refractivity contribution >= 4 is 0 Å². The SMILES string of the molecule is OCCc1ccc(O)c(-c2ccc(OC(F)(F)F)cc2)c1. The van der Waals surface area contributed by atoms with Crippen molar-refractivity contribution in [1.29, 1.82) is 0 Å². The van der Waals surface area contributed by atoms with E-state index in [9.17, 15) is 18.3 Å².